The molecule has 0 radical (unpaired) electrons. The fourth-order valence-corrected chi connectivity index (χ4v) is 3.51. The fourth-order valence-electron chi connectivity index (χ4n) is 2.58. The number of rotatable bonds is 7. The highest BCUT2D eigenvalue weighted by Crippen LogP contribution is 2.36. The molecular weight excluding hydrogens is 351 g/mol. The van der Waals surface area contributed by atoms with Crippen LogP contribution in [0.4, 0.5) is 5.82 Å². The minimum Gasteiger partial charge on any atom is -0.766 e. The van der Waals surface area contributed by atoms with E-state index in [2.05, 4.69) is 20.0 Å². The van der Waals surface area contributed by atoms with Gasteiger partial charge in [0.25, 0.3) is 0 Å². The van der Waals surface area contributed by atoms with Crippen molar-refractivity contribution in [1.82, 2.24) is 24.6 Å². The van der Waals surface area contributed by atoms with Gasteiger partial charge < -0.3 is 25.0 Å². The van der Waals surface area contributed by atoms with E-state index in [0.29, 0.717) is 24.1 Å². The van der Waals surface area contributed by atoms with Crippen LogP contribution in [0.25, 0.3) is 11.2 Å². The molecule has 0 aromatic carbocycles. The van der Waals surface area contributed by atoms with E-state index in [4.69, 9.17) is 15.0 Å². The molecular formula is C13H20N6O5P-. The molecule has 4 N–H and O–H groups in total. The molecule has 3 heterocycles. The maximum atomic E-state index is 11.7. The van der Waals surface area contributed by atoms with Crippen molar-refractivity contribution >= 4 is 24.7 Å². The molecule has 2 aromatic heterocycles. The maximum Gasteiger partial charge on any atom is 0.204 e. The third kappa shape index (κ3) is 3.97. The highest BCUT2D eigenvalue weighted by molar-refractivity contribution is 7.49. The fraction of sp³-hybridized carbons (Fsp3) is 0.615. The van der Waals surface area contributed by atoms with Gasteiger partial charge in [-0.15, -0.1) is 0 Å². The van der Waals surface area contributed by atoms with E-state index in [0.717, 1.165) is 0 Å². The molecule has 1 unspecified atom stereocenters. The molecule has 0 bridgehead atoms. The lowest BCUT2D eigenvalue weighted by atomic mass is 10.2. The predicted molar refractivity (Wildman–Crippen MR) is 86.1 cm³/mol. The first-order valence-corrected chi connectivity index (χ1v) is 9.43. The number of hydrogen-bond donors (Lipinski definition) is 3. The summed E-state index contributed by atoms with van der Waals surface area (Å²) in [6.45, 7) is 1.85. The van der Waals surface area contributed by atoms with Crippen molar-refractivity contribution in [3.8, 4) is 0 Å². The molecule has 0 aliphatic carbocycles. The first-order chi connectivity index (χ1) is 11.9. The molecule has 0 amide bonds. The zero-order chi connectivity index (χ0) is 18.0. The van der Waals surface area contributed by atoms with E-state index in [-0.39, 0.29) is 18.8 Å². The molecule has 12 heteroatoms. The van der Waals surface area contributed by atoms with Crippen molar-refractivity contribution in [3.63, 3.8) is 0 Å². The molecule has 11 nitrogen and oxygen atoms in total. The van der Waals surface area contributed by atoms with E-state index in [1.165, 1.54) is 12.7 Å². The molecule has 1 aliphatic rings. The highest BCUT2D eigenvalue weighted by atomic mass is 31.2. The Balaban J connectivity index is 1.67. The molecule has 2 aromatic rings. The monoisotopic (exact) mass is 371 g/mol. The zero-order valence-corrected chi connectivity index (χ0v) is 14.5. The lowest BCUT2D eigenvalue weighted by molar-refractivity contribution is -0.205. The van der Waals surface area contributed by atoms with Crippen LogP contribution in [0.5, 0.6) is 0 Å². The number of aliphatic hydroxyl groups excluding tert-OH is 1. The van der Waals surface area contributed by atoms with Gasteiger partial charge in [-0.3, -0.25) is 14.2 Å². The Morgan fingerprint density at radius 1 is 1.56 bits per heavy atom. The van der Waals surface area contributed by atoms with Gasteiger partial charge in [0.05, 0.1) is 19.0 Å². The molecule has 138 valence electrons. The summed E-state index contributed by atoms with van der Waals surface area (Å²) >= 11 is 0. The van der Waals surface area contributed by atoms with Crippen LogP contribution in [-0.2, 0) is 13.8 Å². The minimum atomic E-state index is -4.16. The van der Waals surface area contributed by atoms with Gasteiger partial charge in [-0.2, -0.15) is 0 Å². The number of hydrogen-bond acceptors (Lipinski definition) is 9. The summed E-state index contributed by atoms with van der Waals surface area (Å²) in [7, 11) is -4.16. The Hall–Kier alpha value is -1.62. The number of fused-ring (bicyclic) bond motifs is 1. The van der Waals surface area contributed by atoms with Gasteiger partial charge >= 0.3 is 0 Å². The SMILES string of the molecule is CCCNP(=O)([O-])OC[C@H]1O[C@@H](n2cnc3c(N)ncnc32)C[C@H]1O. The largest absolute Gasteiger partial charge is 0.766 e. The molecule has 4 atom stereocenters. The topological polar surface area (TPSA) is 160 Å². The quantitative estimate of drug-likeness (QED) is 0.543. The van der Waals surface area contributed by atoms with Crippen molar-refractivity contribution in [2.24, 2.45) is 0 Å². The Morgan fingerprint density at radius 2 is 2.36 bits per heavy atom. The smallest absolute Gasteiger partial charge is 0.204 e. The highest BCUT2D eigenvalue weighted by Gasteiger charge is 2.36. The van der Waals surface area contributed by atoms with E-state index in [9.17, 15) is 14.6 Å². The van der Waals surface area contributed by atoms with Crippen LogP contribution in [0.2, 0.25) is 0 Å². The van der Waals surface area contributed by atoms with Gasteiger partial charge in [0, 0.05) is 13.0 Å². The van der Waals surface area contributed by atoms with E-state index in [1.807, 2.05) is 6.92 Å². The summed E-state index contributed by atoms with van der Waals surface area (Å²) in [5.41, 5.74) is 6.66. The van der Waals surface area contributed by atoms with Crippen molar-refractivity contribution in [3.05, 3.63) is 12.7 Å². The molecule has 1 saturated heterocycles. The van der Waals surface area contributed by atoms with Gasteiger partial charge in [-0.1, -0.05) is 6.92 Å². The van der Waals surface area contributed by atoms with Crippen molar-refractivity contribution in [2.75, 3.05) is 18.9 Å². The molecule has 0 saturated carbocycles. The van der Waals surface area contributed by atoms with E-state index in [1.54, 1.807) is 4.57 Å². The number of aliphatic hydroxyl groups is 1. The van der Waals surface area contributed by atoms with Gasteiger partial charge in [-0.05, 0) is 6.42 Å². The van der Waals surface area contributed by atoms with Crippen LogP contribution in [0.15, 0.2) is 12.7 Å². The number of nitrogens with one attached hydrogen (secondary N) is 1. The summed E-state index contributed by atoms with van der Waals surface area (Å²) in [4.78, 5) is 23.8. The molecule has 25 heavy (non-hydrogen) atoms. The number of anilines is 1. The number of imidazole rings is 1. The van der Waals surface area contributed by atoms with Crippen molar-refractivity contribution < 1.29 is 23.8 Å². The average molecular weight is 371 g/mol. The second-order valence-electron chi connectivity index (χ2n) is 5.72. The lowest BCUT2D eigenvalue weighted by Gasteiger charge is -2.26. The van der Waals surface area contributed by atoms with E-state index < -0.39 is 26.2 Å². The first kappa shape index (κ1) is 18.2. The maximum absolute atomic E-state index is 11.7. The van der Waals surface area contributed by atoms with Crippen LogP contribution in [0.1, 0.15) is 26.0 Å². The predicted octanol–water partition coefficient (Wildman–Crippen LogP) is -0.458. The van der Waals surface area contributed by atoms with Crippen molar-refractivity contribution in [1.29, 1.82) is 0 Å². The average Bonchev–Trinajstić information content (AvgIpc) is 3.15. The third-order valence-electron chi connectivity index (χ3n) is 3.87. The standard InChI is InChI=1S/C13H21N6O5P/c1-2-3-18-25(21,22)23-5-9-8(20)4-10(24-9)19-7-17-11-12(14)15-6-16-13(11)19/h6-10,20H,2-5H2,1H3,(H2,14,15,16)(H2,18,21,22)/p-1/t8-,9-,10-/m1/s1. The number of aromatic nitrogens is 4. The number of nitrogens with two attached hydrogens (primary N) is 1. The summed E-state index contributed by atoms with van der Waals surface area (Å²) in [6.07, 6.45) is 1.48. The third-order valence-corrected chi connectivity index (χ3v) is 4.97. The van der Waals surface area contributed by atoms with Gasteiger partial charge in [0.15, 0.2) is 11.5 Å². The van der Waals surface area contributed by atoms with Gasteiger partial charge in [-0.25, -0.2) is 15.0 Å². The van der Waals surface area contributed by atoms with Crippen LogP contribution < -0.4 is 15.7 Å². The molecule has 0 spiro atoms. The Kier molecular flexibility index (Phi) is 5.32. The lowest BCUT2D eigenvalue weighted by Crippen LogP contribution is -2.30. The Labute approximate surface area is 143 Å². The van der Waals surface area contributed by atoms with Gasteiger partial charge in [0.2, 0.25) is 7.75 Å². The van der Waals surface area contributed by atoms with Crippen LogP contribution in [-0.4, -0.2) is 50.0 Å². The summed E-state index contributed by atoms with van der Waals surface area (Å²) in [5, 5.41) is 12.5. The number of nitrogens with zero attached hydrogens (tertiary/aromatic N) is 4. The number of nitrogen functional groups attached to an aromatic ring is 1. The molecule has 3 rings (SSSR count). The van der Waals surface area contributed by atoms with Crippen LogP contribution >= 0.6 is 7.75 Å². The van der Waals surface area contributed by atoms with Crippen LogP contribution in [0, 0.1) is 0 Å². The van der Waals surface area contributed by atoms with Crippen molar-refractivity contribution in [2.45, 2.75) is 38.2 Å². The molecule has 1 aliphatic heterocycles. The zero-order valence-electron chi connectivity index (χ0n) is 13.6. The normalized spacial score (nSPS) is 26.1. The summed E-state index contributed by atoms with van der Waals surface area (Å²) in [5.74, 6) is 0.247. The second kappa shape index (κ2) is 7.32. The number of ether oxygens (including phenoxy) is 1. The van der Waals surface area contributed by atoms with E-state index >= 15 is 0 Å². The first-order valence-electron chi connectivity index (χ1n) is 7.88. The summed E-state index contributed by atoms with van der Waals surface area (Å²) in [6, 6.07) is 0. The minimum absolute atomic E-state index is 0.245. The second-order valence-corrected chi connectivity index (χ2v) is 7.29. The summed E-state index contributed by atoms with van der Waals surface area (Å²) < 4.78 is 23.9. The Bertz CT molecular complexity index is 785. The van der Waals surface area contributed by atoms with Gasteiger partial charge in [0.1, 0.15) is 24.2 Å². The van der Waals surface area contributed by atoms with Crippen LogP contribution in [0.3, 0.4) is 0 Å². The Morgan fingerprint density at radius 3 is 3.12 bits per heavy atom. The molecule has 1 fully saturated rings.